The Kier molecular flexibility index (Phi) is 5.73. The van der Waals surface area contributed by atoms with Crippen molar-refractivity contribution in [3.8, 4) is 17.3 Å². The molecule has 0 saturated heterocycles. The summed E-state index contributed by atoms with van der Waals surface area (Å²) in [5.74, 6) is -0.194. The largest absolute Gasteiger partial charge is 0.324 e. The van der Waals surface area contributed by atoms with Crippen LogP contribution < -0.4 is 5.32 Å². The van der Waals surface area contributed by atoms with Crippen molar-refractivity contribution in [1.82, 2.24) is 10.2 Å². The number of carbonyl (C=O) groups is 1. The number of nitrogens with one attached hydrogen (secondary N) is 1. The maximum Gasteiger partial charge on any atom is 0.237 e. The van der Waals surface area contributed by atoms with Gasteiger partial charge in [0.15, 0.2) is 0 Å². The van der Waals surface area contributed by atoms with Crippen molar-refractivity contribution in [2.45, 2.75) is 17.2 Å². The Hall–Kier alpha value is -3.69. The van der Waals surface area contributed by atoms with Crippen LogP contribution >= 0.6 is 11.8 Å². The van der Waals surface area contributed by atoms with Gasteiger partial charge in [-0.05, 0) is 19.1 Å². The van der Waals surface area contributed by atoms with Crippen molar-refractivity contribution < 1.29 is 4.79 Å². The second kappa shape index (κ2) is 8.76. The number of nitrogens with zero attached hydrogens (tertiary/aromatic N) is 3. The molecule has 1 heterocycles. The zero-order valence-corrected chi connectivity index (χ0v) is 17.1. The molecule has 1 atom stereocenters. The number of anilines is 1. The molecule has 0 radical (unpaired) electrons. The summed E-state index contributed by atoms with van der Waals surface area (Å²) in [6.45, 7) is 1.82. The second-order valence-electron chi connectivity index (χ2n) is 6.67. The fourth-order valence-corrected chi connectivity index (χ4v) is 4.01. The Labute approximate surface area is 178 Å². The number of rotatable bonds is 5. The highest BCUT2D eigenvalue weighted by atomic mass is 32.2. The lowest BCUT2D eigenvalue weighted by molar-refractivity contribution is -0.115. The Balaban J connectivity index is 1.61. The van der Waals surface area contributed by atoms with Crippen molar-refractivity contribution >= 4 is 34.1 Å². The standard InChI is InChI=1S/C24H18N4OS/c1-16(23(29)26-21-14-8-5-11-18(21)15-25)30-24-20-13-7-6-12-19(20)22(27-28-24)17-9-3-2-4-10-17/h2-14,16H,1H3,(H,26,29)/t16-/m1/s1. The molecule has 1 amide bonds. The van der Waals surface area contributed by atoms with Gasteiger partial charge in [0, 0.05) is 16.3 Å². The van der Waals surface area contributed by atoms with E-state index in [-0.39, 0.29) is 5.91 Å². The number of fused-ring (bicyclic) bond motifs is 1. The molecule has 0 bridgehead atoms. The summed E-state index contributed by atoms with van der Waals surface area (Å²) < 4.78 is 0. The highest BCUT2D eigenvalue weighted by Gasteiger charge is 2.19. The van der Waals surface area contributed by atoms with Crippen molar-refractivity contribution in [3.05, 3.63) is 84.4 Å². The van der Waals surface area contributed by atoms with E-state index in [0.717, 1.165) is 22.0 Å². The van der Waals surface area contributed by atoms with Gasteiger partial charge in [-0.1, -0.05) is 78.5 Å². The maximum atomic E-state index is 12.7. The predicted molar refractivity (Wildman–Crippen MR) is 120 cm³/mol. The van der Waals surface area contributed by atoms with Crippen LogP contribution in [0.5, 0.6) is 0 Å². The van der Waals surface area contributed by atoms with E-state index in [0.29, 0.717) is 16.3 Å². The highest BCUT2D eigenvalue weighted by Crippen LogP contribution is 2.33. The molecule has 1 aromatic heterocycles. The molecule has 5 nitrogen and oxygen atoms in total. The van der Waals surface area contributed by atoms with Gasteiger partial charge in [0.25, 0.3) is 0 Å². The summed E-state index contributed by atoms with van der Waals surface area (Å²) in [6, 6.07) is 26.9. The number of hydrogen-bond acceptors (Lipinski definition) is 5. The maximum absolute atomic E-state index is 12.7. The molecule has 1 N–H and O–H groups in total. The molecule has 4 aromatic rings. The van der Waals surface area contributed by atoms with E-state index in [1.54, 1.807) is 24.3 Å². The fraction of sp³-hybridized carbons (Fsp3) is 0.0833. The van der Waals surface area contributed by atoms with Gasteiger partial charge in [0.1, 0.15) is 16.8 Å². The fourth-order valence-electron chi connectivity index (χ4n) is 3.12. The average Bonchev–Trinajstić information content (AvgIpc) is 2.80. The van der Waals surface area contributed by atoms with Gasteiger partial charge in [-0.2, -0.15) is 5.26 Å². The molecule has 30 heavy (non-hydrogen) atoms. The Bertz CT molecular complexity index is 1250. The number of carbonyl (C=O) groups excluding carboxylic acids is 1. The Morgan fingerprint density at radius 3 is 2.37 bits per heavy atom. The van der Waals surface area contributed by atoms with E-state index >= 15 is 0 Å². The minimum Gasteiger partial charge on any atom is -0.324 e. The summed E-state index contributed by atoms with van der Waals surface area (Å²) in [5.41, 5.74) is 2.75. The van der Waals surface area contributed by atoms with Crippen LogP contribution in [0.2, 0.25) is 0 Å². The Morgan fingerprint density at radius 1 is 0.933 bits per heavy atom. The third-order valence-corrected chi connectivity index (χ3v) is 5.76. The first kappa shape index (κ1) is 19.6. The lowest BCUT2D eigenvalue weighted by Crippen LogP contribution is -2.23. The van der Waals surface area contributed by atoms with Crippen LogP contribution in [0.4, 0.5) is 5.69 Å². The van der Waals surface area contributed by atoms with Gasteiger partial charge < -0.3 is 5.32 Å². The van der Waals surface area contributed by atoms with E-state index in [1.807, 2.05) is 61.5 Å². The van der Waals surface area contributed by atoms with Gasteiger partial charge in [-0.15, -0.1) is 10.2 Å². The van der Waals surface area contributed by atoms with Crippen LogP contribution in [-0.2, 0) is 4.79 Å². The molecule has 0 unspecified atom stereocenters. The van der Waals surface area contributed by atoms with Crippen LogP contribution in [0.3, 0.4) is 0 Å². The normalized spacial score (nSPS) is 11.6. The van der Waals surface area contributed by atoms with E-state index in [1.165, 1.54) is 11.8 Å². The van der Waals surface area contributed by atoms with Crippen LogP contribution in [0.15, 0.2) is 83.9 Å². The molecule has 0 fully saturated rings. The van der Waals surface area contributed by atoms with E-state index < -0.39 is 5.25 Å². The average molecular weight is 411 g/mol. The molecule has 0 saturated carbocycles. The SMILES string of the molecule is C[C@@H](Sc1nnc(-c2ccccc2)c2ccccc12)C(=O)Nc1ccccc1C#N. The number of amides is 1. The monoisotopic (exact) mass is 410 g/mol. The number of benzene rings is 3. The molecular formula is C24H18N4OS. The minimum atomic E-state index is -0.419. The van der Waals surface area contributed by atoms with E-state index in [4.69, 9.17) is 0 Å². The van der Waals surface area contributed by atoms with Crippen LogP contribution in [0.1, 0.15) is 12.5 Å². The van der Waals surface area contributed by atoms with Gasteiger partial charge in [0.2, 0.25) is 5.91 Å². The first-order valence-electron chi connectivity index (χ1n) is 9.45. The van der Waals surface area contributed by atoms with Crippen LogP contribution in [0, 0.1) is 11.3 Å². The lowest BCUT2D eigenvalue weighted by atomic mass is 10.1. The van der Waals surface area contributed by atoms with Gasteiger partial charge in [0.05, 0.1) is 16.5 Å². The lowest BCUT2D eigenvalue weighted by Gasteiger charge is -2.14. The molecule has 0 aliphatic rings. The van der Waals surface area contributed by atoms with Crippen molar-refractivity contribution in [2.75, 3.05) is 5.32 Å². The van der Waals surface area contributed by atoms with E-state index in [9.17, 15) is 10.1 Å². The van der Waals surface area contributed by atoms with Crippen LogP contribution in [-0.4, -0.2) is 21.4 Å². The molecule has 0 aliphatic heterocycles. The first-order chi connectivity index (χ1) is 14.7. The summed E-state index contributed by atoms with van der Waals surface area (Å²) in [4.78, 5) is 12.7. The number of hydrogen-bond donors (Lipinski definition) is 1. The van der Waals surface area contributed by atoms with Crippen molar-refractivity contribution in [2.24, 2.45) is 0 Å². The van der Waals surface area contributed by atoms with Crippen molar-refractivity contribution in [1.29, 1.82) is 5.26 Å². The number of nitriles is 1. The first-order valence-corrected chi connectivity index (χ1v) is 10.3. The van der Waals surface area contributed by atoms with Gasteiger partial charge in [-0.3, -0.25) is 4.79 Å². The minimum absolute atomic E-state index is 0.194. The molecule has 0 aliphatic carbocycles. The molecule has 146 valence electrons. The number of thioether (sulfide) groups is 1. The van der Waals surface area contributed by atoms with Crippen molar-refractivity contribution in [3.63, 3.8) is 0 Å². The van der Waals surface area contributed by atoms with E-state index in [2.05, 4.69) is 21.6 Å². The smallest absolute Gasteiger partial charge is 0.237 e. The molecule has 0 spiro atoms. The zero-order chi connectivity index (χ0) is 20.9. The number of para-hydroxylation sites is 1. The summed E-state index contributed by atoms with van der Waals surface area (Å²) in [7, 11) is 0. The Morgan fingerprint density at radius 2 is 1.60 bits per heavy atom. The summed E-state index contributed by atoms with van der Waals surface area (Å²) in [5, 5.41) is 23.2. The zero-order valence-electron chi connectivity index (χ0n) is 16.2. The molecule has 6 heteroatoms. The topological polar surface area (TPSA) is 78.7 Å². The number of aromatic nitrogens is 2. The predicted octanol–water partition coefficient (Wildman–Crippen LogP) is 5.29. The van der Waals surface area contributed by atoms with Crippen LogP contribution in [0.25, 0.3) is 22.0 Å². The summed E-state index contributed by atoms with van der Waals surface area (Å²) in [6.07, 6.45) is 0. The molecular weight excluding hydrogens is 392 g/mol. The highest BCUT2D eigenvalue weighted by molar-refractivity contribution is 8.00. The third kappa shape index (κ3) is 4.02. The quantitative estimate of drug-likeness (QED) is 0.452. The summed E-state index contributed by atoms with van der Waals surface area (Å²) >= 11 is 1.35. The van der Waals surface area contributed by atoms with Gasteiger partial charge in [-0.25, -0.2) is 0 Å². The molecule has 4 rings (SSSR count). The molecule has 3 aromatic carbocycles. The third-order valence-electron chi connectivity index (χ3n) is 4.66. The van der Waals surface area contributed by atoms with Gasteiger partial charge >= 0.3 is 0 Å². The second-order valence-corrected chi connectivity index (χ2v) is 8.00.